The van der Waals surface area contributed by atoms with Crippen LogP contribution in [0.15, 0.2) is 28.7 Å². The average molecular weight is 441 g/mol. The first-order valence-electron chi connectivity index (χ1n) is 10.2. The predicted molar refractivity (Wildman–Crippen MR) is 112 cm³/mol. The number of carbonyl (C=O) groups excluding carboxylic acids is 2. The van der Waals surface area contributed by atoms with Crippen molar-refractivity contribution in [2.75, 3.05) is 6.61 Å². The normalized spacial score (nSPS) is 12.0. The van der Waals surface area contributed by atoms with Crippen molar-refractivity contribution in [3.05, 3.63) is 34.3 Å². The van der Waals surface area contributed by atoms with Crippen LogP contribution in [0.1, 0.15) is 87.9 Å². The van der Waals surface area contributed by atoms with Crippen molar-refractivity contribution in [1.82, 2.24) is 0 Å². The number of esters is 1. The Bertz CT molecular complexity index is 542. The average Bonchev–Trinajstić information content (AvgIpc) is 2.67. The predicted octanol–water partition coefficient (Wildman–Crippen LogP) is 5.85. The van der Waals surface area contributed by atoms with E-state index in [4.69, 9.17) is 4.74 Å². The molecule has 0 radical (unpaired) electrons. The number of carbonyl (C=O) groups is 2. The highest BCUT2D eigenvalue weighted by Crippen LogP contribution is 2.13. The van der Waals surface area contributed by atoms with Gasteiger partial charge in [-0.1, -0.05) is 99.2 Å². The first-order valence-corrected chi connectivity index (χ1v) is 11.0. The van der Waals surface area contributed by atoms with Crippen LogP contribution in [-0.4, -0.2) is 29.6 Å². The second-order valence-corrected chi connectivity index (χ2v) is 7.94. The fourth-order valence-electron chi connectivity index (χ4n) is 2.89. The summed E-state index contributed by atoms with van der Waals surface area (Å²) in [6, 6.07) is 6.85. The molecular weight excluding hydrogens is 408 g/mol. The molecule has 1 N–H and O–H groups in total. The molecule has 0 fully saturated rings. The quantitative estimate of drug-likeness (QED) is 0.211. The number of hydrogen-bond acceptors (Lipinski definition) is 4. The Morgan fingerprint density at radius 2 is 1.44 bits per heavy atom. The van der Waals surface area contributed by atoms with Crippen LogP contribution in [0.4, 0.5) is 0 Å². The van der Waals surface area contributed by atoms with E-state index in [1.807, 2.05) is 0 Å². The van der Waals surface area contributed by atoms with Crippen molar-refractivity contribution in [1.29, 1.82) is 0 Å². The van der Waals surface area contributed by atoms with Crippen LogP contribution in [0.5, 0.6) is 0 Å². The first-order chi connectivity index (χ1) is 13.0. The number of unbranched alkanes of at least 4 members (excludes halogenated alkanes) is 9. The molecule has 1 aromatic carbocycles. The maximum absolute atomic E-state index is 12.0. The number of aliphatic hydroxyl groups excluding tert-OH is 1. The lowest BCUT2D eigenvalue weighted by Crippen LogP contribution is -2.25. The summed E-state index contributed by atoms with van der Waals surface area (Å²) >= 11 is 3.30. The molecule has 4 nitrogen and oxygen atoms in total. The van der Waals surface area contributed by atoms with Gasteiger partial charge in [0, 0.05) is 10.0 Å². The molecule has 0 saturated carbocycles. The number of aliphatic hydroxyl groups is 1. The van der Waals surface area contributed by atoms with Crippen molar-refractivity contribution in [2.24, 2.45) is 0 Å². The van der Waals surface area contributed by atoms with E-state index < -0.39 is 12.1 Å². The van der Waals surface area contributed by atoms with E-state index >= 15 is 0 Å². The minimum atomic E-state index is -1.14. The van der Waals surface area contributed by atoms with Gasteiger partial charge in [-0.3, -0.25) is 4.79 Å². The van der Waals surface area contributed by atoms with Gasteiger partial charge in [-0.25, -0.2) is 4.79 Å². The molecule has 0 saturated heterocycles. The maximum atomic E-state index is 12.0. The third kappa shape index (κ3) is 11.3. The largest absolute Gasteiger partial charge is 0.455 e. The lowest BCUT2D eigenvalue weighted by Gasteiger charge is -2.10. The van der Waals surface area contributed by atoms with Crippen LogP contribution in [0.2, 0.25) is 0 Å². The Morgan fingerprint density at radius 3 is 2.00 bits per heavy atom. The van der Waals surface area contributed by atoms with Crippen molar-refractivity contribution < 1.29 is 19.4 Å². The van der Waals surface area contributed by atoms with Gasteiger partial charge in [0.15, 0.2) is 18.5 Å². The van der Waals surface area contributed by atoms with Gasteiger partial charge in [0.25, 0.3) is 0 Å². The zero-order chi connectivity index (χ0) is 19.9. The number of rotatable bonds is 15. The lowest BCUT2D eigenvalue weighted by atomic mass is 10.0. The van der Waals surface area contributed by atoms with Gasteiger partial charge in [-0.05, 0) is 18.6 Å². The Hall–Kier alpha value is -1.20. The number of Topliss-reactive ketones (excluding diaryl/α,β-unsaturated/α-hetero) is 1. The second-order valence-electron chi connectivity index (χ2n) is 7.02. The summed E-state index contributed by atoms with van der Waals surface area (Å²) in [7, 11) is 0. The summed E-state index contributed by atoms with van der Waals surface area (Å²) in [5.41, 5.74) is 0.482. The smallest absolute Gasteiger partial charge is 0.335 e. The third-order valence-electron chi connectivity index (χ3n) is 4.61. The fourth-order valence-corrected chi connectivity index (χ4v) is 3.16. The van der Waals surface area contributed by atoms with E-state index in [0.717, 1.165) is 23.7 Å². The summed E-state index contributed by atoms with van der Waals surface area (Å²) in [4.78, 5) is 23.7. The molecule has 1 aromatic rings. The van der Waals surface area contributed by atoms with E-state index in [1.54, 1.807) is 24.3 Å². The molecule has 0 aromatic heterocycles. The highest BCUT2D eigenvalue weighted by Gasteiger charge is 2.18. The molecule has 0 bridgehead atoms. The van der Waals surface area contributed by atoms with Crippen molar-refractivity contribution in [2.45, 2.75) is 83.7 Å². The molecule has 0 aliphatic heterocycles. The van der Waals surface area contributed by atoms with Crippen molar-refractivity contribution >= 4 is 27.7 Å². The lowest BCUT2D eigenvalue weighted by molar-refractivity contribution is -0.152. The number of ether oxygens (including phenoxy) is 1. The van der Waals surface area contributed by atoms with Crippen LogP contribution in [0.3, 0.4) is 0 Å². The Labute approximate surface area is 171 Å². The molecule has 0 spiro atoms. The Kier molecular flexibility index (Phi) is 13.1. The monoisotopic (exact) mass is 440 g/mol. The van der Waals surface area contributed by atoms with Gasteiger partial charge in [-0.15, -0.1) is 0 Å². The SMILES string of the molecule is CCCCCCCCCCCC[C@@H](O)C(=O)OCC(=O)c1ccc(Br)cc1. The van der Waals surface area contributed by atoms with Crippen LogP contribution in [0, 0.1) is 0 Å². The topological polar surface area (TPSA) is 63.6 Å². The molecule has 5 heteroatoms. The minimum Gasteiger partial charge on any atom is -0.455 e. The molecule has 1 rings (SSSR count). The van der Waals surface area contributed by atoms with Crippen LogP contribution in [-0.2, 0) is 9.53 Å². The number of hydrogen-bond donors (Lipinski definition) is 1. The van der Waals surface area contributed by atoms with Crippen molar-refractivity contribution in [3.8, 4) is 0 Å². The maximum Gasteiger partial charge on any atom is 0.335 e. The van der Waals surface area contributed by atoms with E-state index in [1.165, 1.54) is 44.9 Å². The summed E-state index contributed by atoms with van der Waals surface area (Å²) in [5.74, 6) is -0.988. The minimum absolute atomic E-state index is 0.276. The molecule has 0 heterocycles. The van der Waals surface area contributed by atoms with Crippen molar-refractivity contribution in [3.63, 3.8) is 0 Å². The van der Waals surface area contributed by atoms with Crippen LogP contribution in [0.25, 0.3) is 0 Å². The van der Waals surface area contributed by atoms with Gasteiger partial charge in [0.2, 0.25) is 0 Å². The second kappa shape index (κ2) is 14.8. The number of ketones is 1. The summed E-state index contributed by atoms with van der Waals surface area (Å²) in [5, 5.41) is 9.87. The highest BCUT2D eigenvalue weighted by molar-refractivity contribution is 9.10. The molecular formula is C22H33BrO4. The van der Waals surface area contributed by atoms with Crippen LogP contribution < -0.4 is 0 Å². The molecule has 1 atom stereocenters. The summed E-state index contributed by atoms with van der Waals surface area (Å²) in [6.07, 6.45) is 11.3. The number of halogens is 1. The zero-order valence-electron chi connectivity index (χ0n) is 16.4. The molecule has 27 heavy (non-hydrogen) atoms. The van der Waals surface area contributed by atoms with Gasteiger partial charge < -0.3 is 9.84 Å². The highest BCUT2D eigenvalue weighted by atomic mass is 79.9. The fraction of sp³-hybridized carbons (Fsp3) is 0.636. The van der Waals surface area contributed by atoms with Gasteiger partial charge in [0.05, 0.1) is 0 Å². The molecule has 0 unspecified atom stereocenters. The van der Waals surface area contributed by atoms with E-state index in [0.29, 0.717) is 12.0 Å². The Morgan fingerprint density at radius 1 is 0.926 bits per heavy atom. The van der Waals surface area contributed by atoms with Gasteiger partial charge >= 0.3 is 5.97 Å². The summed E-state index contributed by atoms with van der Waals surface area (Å²) < 4.78 is 5.82. The molecule has 0 aliphatic rings. The molecule has 0 amide bonds. The van der Waals surface area contributed by atoms with Crippen LogP contribution >= 0.6 is 15.9 Å². The van der Waals surface area contributed by atoms with Gasteiger partial charge in [0.1, 0.15) is 0 Å². The third-order valence-corrected chi connectivity index (χ3v) is 5.14. The van der Waals surface area contributed by atoms with Gasteiger partial charge in [-0.2, -0.15) is 0 Å². The zero-order valence-corrected chi connectivity index (χ0v) is 18.0. The van der Waals surface area contributed by atoms with E-state index in [-0.39, 0.29) is 12.4 Å². The molecule has 152 valence electrons. The number of benzene rings is 1. The Balaban J connectivity index is 2.06. The van der Waals surface area contributed by atoms with E-state index in [9.17, 15) is 14.7 Å². The standard InChI is InChI=1S/C22H33BrO4/c1-2-3-4-5-6-7-8-9-10-11-12-20(24)22(26)27-17-21(25)18-13-15-19(23)16-14-18/h13-16,20,24H,2-12,17H2,1H3/t20-/m1/s1. The van der Waals surface area contributed by atoms with E-state index in [2.05, 4.69) is 22.9 Å². The first kappa shape index (κ1) is 23.8. The molecule has 0 aliphatic carbocycles. The summed E-state index contributed by atoms with van der Waals surface area (Å²) in [6.45, 7) is 1.89.